The Morgan fingerprint density at radius 1 is 1.28 bits per heavy atom. The average Bonchev–Trinajstić information content (AvgIpc) is 2.79. The number of hydrogen-bond donors (Lipinski definition) is 2. The van der Waals surface area contributed by atoms with Crippen LogP contribution in [0.4, 0.5) is 0 Å². The quantitative estimate of drug-likeness (QED) is 0.881. The van der Waals surface area contributed by atoms with E-state index < -0.39 is 6.10 Å². The van der Waals surface area contributed by atoms with E-state index in [1.807, 2.05) is 35.7 Å². The zero-order valence-corrected chi connectivity index (χ0v) is 12.7. The fourth-order valence-corrected chi connectivity index (χ4v) is 3.20. The minimum atomic E-state index is -0.598. The molecule has 2 atom stereocenters. The molecule has 96 valence electrons. The van der Waals surface area contributed by atoms with Gasteiger partial charge in [0.15, 0.2) is 0 Å². The second-order valence-electron chi connectivity index (χ2n) is 4.02. The number of thiophene rings is 1. The van der Waals surface area contributed by atoms with Crippen molar-refractivity contribution in [2.24, 2.45) is 5.73 Å². The maximum Gasteiger partial charge on any atom is 0.0879 e. The Labute approximate surface area is 124 Å². The summed E-state index contributed by atoms with van der Waals surface area (Å²) in [6.45, 7) is 0.385. The molecule has 0 aliphatic heterocycles. The molecule has 1 aromatic heterocycles. The van der Waals surface area contributed by atoms with E-state index in [-0.39, 0.29) is 5.92 Å². The molecule has 0 radical (unpaired) electrons. The number of rotatable bonds is 4. The minimum Gasteiger partial charge on any atom is -0.388 e. The lowest BCUT2D eigenvalue weighted by molar-refractivity contribution is 0.148. The van der Waals surface area contributed by atoms with E-state index in [1.165, 1.54) is 0 Å². The van der Waals surface area contributed by atoms with Crippen LogP contribution in [0.3, 0.4) is 0 Å². The minimum absolute atomic E-state index is 0.122. The maximum absolute atomic E-state index is 10.4. The van der Waals surface area contributed by atoms with Crippen LogP contribution in [0.25, 0.3) is 0 Å². The first-order valence-corrected chi connectivity index (χ1v) is 7.54. The molecule has 5 heteroatoms. The van der Waals surface area contributed by atoms with Gasteiger partial charge in [-0.25, -0.2) is 0 Å². The zero-order chi connectivity index (χ0) is 13.1. The van der Waals surface area contributed by atoms with Crippen molar-refractivity contribution in [3.63, 3.8) is 0 Å². The molecule has 0 aliphatic carbocycles. The highest BCUT2D eigenvalue weighted by molar-refractivity contribution is 9.11. The third kappa shape index (κ3) is 3.13. The molecule has 18 heavy (non-hydrogen) atoms. The molecule has 2 nitrogen and oxygen atoms in total. The monoisotopic (exact) mass is 345 g/mol. The Balaban J connectivity index is 2.25. The molecular formula is C13H13BrClNOS. The molecule has 0 saturated carbocycles. The fraction of sp³-hybridized carbons (Fsp3) is 0.231. The summed E-state index contributed by atoms with van der Waals surface area (Å²) >= 11 is 10.8. The molecule has 0 aliphatic rings. The van der Waals surface area contributed by atoms with Crippen LogP contribution in [-0.2, 0) is 0 Å². The molecule has 0 spiro atoms. The van der Waals surface area contributed by atoms with Gasteiger partial charge >= 0.3 is 0 Å². The summed E-state index contributed by atoms with van der Waals surface area (Å²) in [5, 5.41) is 13.0. The molecule has 2 unspecified atom stereocenters. The van der Waals surface area contributed by atoms with Crippen molar-refractivity contribution in [2.45, 2.75) is 12.0 Å². The van der Waals surface area contributed by atoms with Crippen molar-refractivity contribution in [2.75, 3.05) is 6.54 Å². The van der Waals surface area contributed by atoms with Gasteiger partial charge in [0, 0.05) is 17.5 Å². The van der Waals surface area contributed by atoms with Crippen LogP contribution < -0.4 is 5.73 Å². The van der Waals surface area contributed by atoms with Gasteiger partial charge in [-0.2, -0.15) is 0 Å². The van der Waals surface area contributed by atoms with E-state index in [0.717, 1.165) is 14.9 Å². The first-order valence-electron chi connectivity index (χ1n) is 5.49. The van der Waals surface area contributed by atoms with Gasteiger partial charge in [0.2, 0.25) is 0 Å². The standard InChI is InChI=1S/C13H13BrClNOS/c14-12-5-9(7-18-12)13(17)11(6-16)8-1-3-10(15)4-2-8/h1-5,7,11,13,17H,6,16H2. The lowest BCUT2D eigenvalue weighted by Gasteiger charge is -2.21. The van der Waals surface area contributed by atoms with Gasteiger partial charge in [-0.1, -0.05) is 23.7 Å². The normalized spacial score (nSPS) is 14.4. The SMILES string of the molecule is NCC(c1ccc(Cl)cc1)C(O)c1csc(Br)c1. The second kappa shape index (κ2) is 6.17. The van der Waals surface area contributed by atoms with Crippen molar-refractivity contribution >= 4 is 38.9 Å². The van der Waals surface area contributed by atoms with Gasteiger partial charge in [0.25, 0.3) is 0 Å². The van der Waals surface area contributed by atoms with Gasteiger partial charge in [-0.3, -0.25) is 0 Å². The Morgan fingerprint density at radius 3 is 2.44 bits per heavy atom. The van der Waals surface area contributed by atoms with Gasteiger partial charge in [0.1, 0.15) is 0 Å². The van der Waals surface area contributed by atoms with E-state index in [4.69, 9.17) is 17.3 Å². The maximum atomic E-state index is 10.4. The molecule has 0 bridgehead atoms. The molecule has 0 fully saturated rings. The largest absolute Gasteiger partial charge is 0.388 e. The van der Waals surface area contributed by atoms with Crippen molar-refractivity contribution in [3.8, 4) is 0 Å². The number of aliphatic hydroxyl groups excluding tert-OH is 1. The van der Waals surface area contributed by atoms with Crippen LogP contribution in [0.15, 0.2) is 39.5 Å². The van der Waals surface area contributed by atoms with Gasteiger partial charge < -0.3 is 10.8 Å². The molecule has 1 heterocycles. The zero-order valence-electron chi connectivity index (χ0n) is 9.51. The second-order valence-corrected chi connectivity index (χ2v) is 6.75. The van der Waals surface area contributed by atoms with Crippen molar-refractivity contribution < 1.29 is 5.11 Å². The van der Waals surface area contributed by atoms with Crippen molar-refractivity contribution in [1.82, 2.24) is 0 Å². The average molecular weight is 347 g/mol. The van der Waals surface area contributed by atoms with Crippen LogP contribution in [-0.4, -0.2) is 11.7 Å². The lowest BCUT2D eigenvalue weighted by atomic mass is 9.90. The molecule has 2 rings (SSSR count). The van der Waals surface area contributed by atoms with Crippen LogP contribution in [0.1, 0.15) is 23.1 Å². The predicted molar refractivity (Wildman–Crippen MR) is 80.2 cm³/mol. The van der Waals surface area contributed by atoms with Gasteiger partial charge in [-0.15, -0.1) is 11.3 Å². The number of nitrogens with two attached hydrogens (primary N) is 1. The van der Waals surface area contributed by atoms with E-state index in [1.54, 1.807) is 11.3 Å². The summed E-state index contributed by atoms with van der Waals surface area (Å²) in [5.74, 6) is -0.122. The number of halogens is 2. The Kier molecular flexibility index (Phi) is 4.81. The number of aliphatic hydroxyl groups is 1. The van der Waals surface area contributed by atoms with E-state index >= 15 is 0 Å². The highest BCUT2D eigenvalue weighted by atomic mass is 79.9. The predicted octanol–water partition coefficient (Wildman–Crippen LogP) is 3.94. The molecular weight excluding hydrogens is 334 g/mol. The van der Waals surface area contributed by atoms with Gasteiger partial charge in [-0.05, 0) is 50.6 Å². The Morgan fingerprint density at radius 2 is 1.94 bits per heavy atom. The summed E-state index contributed by atoms with van der Waals surface area (Å²) in [7, 11) is 0. The first-order chi connectivity index (χ1) is 8.61. The van der Waals surface area contributed by atoms with Crippen LogP contribution >= 0.6 is 38.9 Å². The topological polar surface area (TPSA) is 46.2 Å². The molecule has 0 amide bonds. The lowest BCUT2D eigenvalue weighted by Crippen LogP contribution is -2.19. The highest BCUT2D eigenvalue weighted by Crippen LogP contribution is 2.34. The summed E-state index contributed by atoms with van der Waals surface area (Å²) in [5.41, 5.74) is 7.67. The number of hydrogen-bond acceptors (Lipinski definition) is 3. The summed E-state index contributed by atoms with van der Waals surface area (Å²) in [4.78, 5) is 0. The fourth-order valence-electron chi connectivity index (χ4n) is 1.87. The Hall–Kier alpha value is -0.390. The molecule has 1 aromatic carbocycles. The van der Waals surface area contributed by atoms with E-state index in [0.29, 0.717) is 11.6 Å². The van der Waals surface area contributed by atoms with Crippen molar-refractivity contribution in [1.29, 1.82) is 0 Å². The summed E-state index contributed by atoms with van der Waals surface area (Å²) < 4.78 is 1.00. The van der Waals surface area contributed by atoms with E-state index in [9.17, 15) is 5.11 Å². The molecule has 0 saturated heterocycles. The molecule has 2 aromatic rings. The van der Waals surface area contributed by atoms with Crippen LogP contribution in [0.5, 0.6) is 0 Å². The van der Waals surface area contributed by atoms with Crippen molar-refractivity contribution in [3.05, 3.63) is 55.6 Å². The van der Waals surface area contributed by atoms with Crippen LogP contribution in [0.2, 0.25) is 5.02 Å². The summed E-state index contributed by atoms with van der Waals surface area (Å²) in [6, 6.07) is 9.37. The van der Waals surface area contributed by atoms with Gasteiger partial charge in [0.05, 0.1) is 9.89 Å². The molecule has 3 N–H and O–H groups in total. The number of benzene rings is 1. The van der Waals surface area contributed by atoms with Crippen LogP contribution in [0, 0.1) is 0 Å². The summed E-state index contributed by atoms with van der Waals surface area (Å²) in [6.07, 6.45) is -0.598. The third-order valence-electron chi connectivity index (χ3n) is 2.86. The Bertz CT molecular complexity index is 514. The third-order valence-corrected chi connectivity index (χ3v) is 4.64. The smallest absolute Gasteiger partial charge is 0.0879 e. The van der Waals surface area contributed by atoms with E-state index in [2.05, 4.69) is 15.9 Å². The first kappa shape index (κ1) is 14.0. The highest BCUT2D eigenvalue weighted by Gasteiger charge is 2.22.